The van der Waals surface area contributed by atoms with Crippen LogP contribution in [0.1, 0.15) is 178 Å². The molecule has 0 heterocycles. The summed E-state index contributed by atoms with van der Waals surface area (Å²) in [6.07, 6.45) is 18.2. The van der Waals surface area contributed by atoms with Gasteiger partial charge < -0.3 is 18.9 Å². The molecule has 0 aromatic carbocycles. The molecule has 0 N–H and O–H groups in total. The summed E-state index contributed by atoms with van der Waals surface area (Å²) in [7, 11) is 0. The lowest BCUT2D eigenvalue weighted by Gasteiger charge is -2.39. The van der Waals surface area contributed by atoms with Gasteiger partial charge in [0.1, 0.15) is 11.2 Å². The fourth-order valence-electron chi connectivity index (χ4n) is 6.92. The van der Waals surface area contributed by atoms with Gasteiger partial charge in [0.05, 0.1) is 22.9 Å². The van der Waals surface area contributed by atoms with E-state index in [1.807, 2.05) is 55.4 Å². The molecule has 47 heavy (non-hydrogen) atoms. The zero-order valence-electron chi connectivity index (χ0n) is 31.5. The Morgan fingerprint density at radius 3 is 1.64 bits per heavy atom. The fraction of sp³-hybridized carbons (Fsp3) is 0.897. The van der Waals surface area contributed by atoms with Crippen molar-refractivity contribution >= 4 is 23.9 Å². The largest absolute Gasteiger partial charge is 0.465 e. The SMILES string of the molecule is CCC(C)(C)C(=O)OCC(=O)OC1(C2CCCCC2)CCCC1.CCC1(OC(=O)C(C)(C)CCCOC(=O)C(C)(C)CC)CCCC1. The highest BCUT2D eigenvalue weighted by Gasteiger charge is 2.45. The van der Waals surface area contributed by atoms with E-state index in [4.69, 9.17) is 18.9 Å². The Kier molecular flexibility index (Phi) is 15.8. The Labute approximate surface area is 286 Å². The third-order valence-electron chi connectivity index (χ3n) is 11.5. The lowest BCUT2D eigenvalue weighted by molar-refractivity contribution is -0.178. The van der Waals surface area contributed by atoms with Gasteiger partial charge in [-0.1, -0.05) is 40.0 Å². The van der Waals surface area contributed by atoms with Gasteiger partial charge in [0.25, 0.3) is 0 Å². The molecule has 3 fully saturated rings. The van der Waals surface area contributed by atoms with E-state index in [-0.39, 0.29) is 41.7 Å². The predicted molar refractivity (Wildman–Crippen MR) is 185 cm³/mol. The summed E-state index contributed by atoms with van der Waals surface area (Å²) >= 11 is 0. The van der Waals surface area contributed by atoms with E-state index < -0.39 is 16.2 Å². The first kappa shape index (κ1) is 41.1. The molecule has 0 atom stereocenters. The van der Waals surface area contributed by atoms with Gasteiger partial charge in [-0.3, -0.25) is 14.4 Å². The van der Waals surface area contributed by atoms with E-state index in [0.717, 1.165) is 77.0 Å². The van der Waals surface area contributed by atoms with Crippen molar-refractivity contribution in [2.24, 2.45) is 22.2 Å². The fourth-order valence-corrected chi connectivity index (χ4v) is 6.92. The minimum absolute atomic E-state index is 0.119. The third-order valence-corrected chi connectivity index (χ3v) is 11.5. The summed E-state index contributed by atoms with van der Waals surface area (Å²) in [5, 5.41) is 0. The summed E-state index contributed by atoms with van der Waals surface area (Å²) < 4.78 is 22.4. The molecule has 0 aliphatic heterocycles. The highest BCUT2D eigenvalue weighted by molar-refractivity contribution is 5.80. The molecule has 0 unspecified atom stereocenters. The monoisotopic (exact) mass is 664 g/mol. The van der Waals surface area contributed by atoms with Gasteiger partial charge in [-0.2, -0.15) is 0 Å². The van der Waals surface area contributed by atoms with Crippen molar-refractivity contribution in [3.8, 4) is 0 Å². The number of ether oxygens (including phenoxy) is 4. The zero-order chi connectivity index (χ0) is 35.4. The number of carbonyl (C=O) groups is 4. The standard InChI is InChI=1S/C20H36O4.C19H32O4/c1-7-18(3,4)16(21)23-15-11-12-19(5,6)17(22)24-20(8-2)13-9-10-14-20;1-4-18(2,3)17(21)22-14-16(20)23-19(12-8-9-13-19)15-10-6-5-7-11-15/h7-15H2,1-6H3;15H,4-14H2,1-3H3. The zero-order valence-corrected chi connectivity index (χ0v) is 31.5. The van der Waals surface area contributed by atoms with Crippen LogP contribution in [0.5, 0.6) is 0 Å². The first-order valence-corrected chi connectivity index (χ1v) is 18.8. The van der Waals surface area contributed by atoms with Crippen molar-refractivity contribution in [1.29, 1.82) is 0 Å². The molecule has 0 aromatic heterocycles. The van der Waals surface area contributed by atoms with Crippen molar-refractivity contribution in [3.05, 3.63) is 0 Å². The van der Waals surface area contributed by atoms with Crippen LogP contribution < -0.4 is 0 Å². The lowest BCUT2D eigenvalue weighted by Crippen LogP contribution is -2.42. The molecule has 0 spiro atoms. The summed E-state index contributed by atoms with van der Waals surface area (Å²) in [6.45, 7) is 17.4. The second-order valence-electron chi connectivity index (χ2n) is 16.4. The van der Waals surface area contributed by atoms with Crippen LogP contribution in [0.3, 0.4) is 0 Å². The average Bonchev–Trinajstić information content (AvgIpc) is 3.73. The minimum atomic E-state index is -0.547. The molecule has 0 radical (unpaired) electrons. The van der Waals surface area contributed by atoms with Crippen molar-refractivity contribution in [1.82, 2.24) is 0 Å². The van der Waals surface area contributed by atoms with Crippen molar-refractivity contribution in [2.75, 3.05) is 13.2 Å². The van der Waals surface area contributed by atoms with E-state index in [1.54, 1.807) is 0 Å². The van der Waals surface area contributed by atoms with Crippen LogP contribution >= 0.6 is 0 Å². The summed E-state index contributed by atoms with van der Waals surface area (Å²) in [6, 6.07) is 0. The Bertz CT molecular complexity index is 1010. The number of carbonyl (C=O) groups excluding carboxylic acids is 4. The van der Waals surface area contributed by atoms with Crippen LogP contribution in [0.25, 0.3) is 0 Å². The molecule has 8 nitrogen and oxygen atoms in total. The molecule has 0 saturated heterocycles. The maximum absolute atomic E-state index is 12.6. The van der Waals surface area contributed by atoms with Crippen LogP contribution in [0.4, 0.5) is 0 Å². The quantitative estimate of drug-likeness (QED) is 0.0969. The maximum atomic E-state index is 12.6. The Hall–Kier alpha value is -2.12. The van der Waals surface area contributed by atoms with Crippen LogP contribution in [-0.2, 0) is 38.1 Å². The van der Waals surface area contributed by atoms with Crippen LogP contribution in [0, 0.1) is 22.2 Å². The molecular weight excluding hydrogens is 596 g/mol. The molecule has 0 bridgehead atoms. The Morgan fingerprint density at radius 1 is 0.617 bits per heavy atom. The van der Waals surface area contributed by atoms with Gasteiger partial charge in [0, 0.05) is 0 Å². The van der Waals surface area contributed by atoms with E-state index >= 15 is 0 Å². The van der Waals surface area contributed by atoms with Crippen LogP contribution in [0.15, 0.2) is 0 Å². The lowest BCUT2D eigenvalue weighted by atomic mass is 9.76. The number of rotatable bonds is 15. The molecule has 3 aliphatic rings. The van der Waals surface area contributed by atoms with Crippen molar-refractivity contribution in [3.63, 3.8) is 0 Å². The molecule has 3 aliphatic carbocycles. The number of esters is 4. The molecular formula is C39H68O8. The summed E-state index contributed by atoms with van der Waals surface area (Å²) in [5.74, 6) is -0.494. The molecule has 272 valence electrons. The van der Waals surface area contributed by atoms with Gasteiger partial charge in [-0.25, -0.2) is 4.79 Å². The topological polar surface area (TPSA) is 105 Å². The molecule has 0 amide bonds. The number of hydrogen-bond acceptors (Lipinski definition) is 8. The summed E-state index contributed by atoms with van der Waals surface area (Å²) in [5.41, 5.74) is -2.06. The van der Waals surface area contributed by atoms with Gasteiger partial charge >= 0.3 is 23.9 Å². The van der Waals surface area contributed by atoms with E-state index in [2.05, 4.69) is 6.92 Å². The van der Waals surface area contributed by atoms with E-state index in [1.165, 1.54) is 19.3 Å². The van der Waals surface area contributed by atoms with Crippen LogP contribution in [0.2, 0.25) is 0 Å². The van der Waals surface area contributed by atoms with Crippen LogP contribution in [-0.4, -0.2) is 48.3 Å². The van der Waals surface area contributed by atoms with Gasteiger partial charge in [0.2, 0.25) is 0 Å². The first-order chi connectivity index (χ1) is 22.0. The van der Waals surface area contributed by atoms with E-state index in [9.17, 15) is 19.2 Å². The van der Waals surface area contributed by atoms with E-state index in [0.29, 0.717) is 31.8 Å². The summed E-state index contributed by atoms with van der Waals surface area (Å²) in [4.78, 5) is 48.8. The highest BCUT2D eigenvalue weighted by atomic mass is 16.6. The maximum Gasteiger partial charge on any atom is 0.344 e. The normalized spacial score (nSPS) is 19.7. The van der Waals surface area contributed by atoms with Crippen molar-refractivity contribution in [2.45, 2.75) is 189 Å². The second-order valence-corrected chi connectivity index (χ2v) is 16.4. The Morgan fingerprint density at radius 2 is 1.13 bits per heavy atom. The van der Waals surface area contributed by atoms with Crippen molar-refractivity contribution < 1.29 is 38.1 Å². The predicted octanol–water partition coefficient (Wildman–Crippen LogP) is 9.44. The number of hydrogen-bond donors (Lipinski definition) is 0. The molecule has 3 saturated carbocycles. The molecule has 3 rings (SSSR count). The first-order valence-electron chi connectivity index (χ1n) is 18.8. The smallest absolute Gasteiger partial charge is 0.344 e. The molecule has 0 aromatic rings. The van der Waals surface area contributed by atoms with Gasteiger partial charge in [0.15, 0.2) is 6.61 Å². The highest BCUT2D eigenvalue weighted by Crippen LogP contribution is 2.45. The Balaban J connectivity index is 0.000000327. The minimum Gasteiger partial charge on any atom is -0.465 e. The molecule has 8 heteroatoms. The third kappa shape index (κ3) is 12.1. The average molecular weight is 665 g/mol. The van der Waals surface area contributed by atoms with Gasteiger partial charge in [-0.05, 0) is 144 Å². The second kappa shape index (κ2) is 18.0. The van der Waals surface area contributed by atoms with Gasteiger partial charge in [-0.15, -0.1) is 0 Å².